The van der Waals surface area contributed by atoms with E-state index in [9.17, 15) is 13.6 Å². The van der Waals surface area contributed by atoms with Crippen molar-refractivity contribution < 1.29 is 18.7 Å². The molecule has 160 valence electrons. The molecule has 0 bridgehead atoms. The van der Waals surface area contributed by atoms with E-state index < -0.39 is 17.8 Å². The number of alkyl halides is 2. The summed E-state index contributed by atoms with van der Waals surface area (Å²) < 4.78 is 28.0. The van der Waals surface area contributed by atoms with E-state index in [1.807, 2.05) is 0 Å². The second-order valence-corrected chi connectivity index (χ2v) is 8.10. The molecule has 0 saturated carbocycles. The third-order valence-corrected chi connectivity index (χ3v) is 5.34. The molecule has 1 unspecified atom stereocenters. The third-order valence-electron chi connectivity index (χ3n) is 5.34. The largest absolute Gasteiger partial charge is 0.481 e. The highest BCUT2D eigenvalue weighted by atomic mass is 19.3. The van der Waals surface area contributed by atoms with E-state index in [0.717, 1.165) is 19.3 Å². The zero-order valence-corrected chi connectivity index (χ0v) is 17.7. The summed E-state index contributed by atoms with van der Waals surface area (Å²) in [6.07, 6.45) is 16.3. The zero-order valence-electron chi connectivity index (χ0n) is 17.7. The molecular formula is C23H42F2O2. The molecule has 0 rings (SSSR count). The number of rotatable bonds is 19. The molecule has 27 heavy (non-hydrogen) atoms. The van der Waals surface area contributed by atoms with Crippen LogP contribution in [-0.2, 0) is 4.79 Å². The van der Waals surface area contributed by atoms with Crippen LogP contribution in [-0.4, -0.2) is 17.0 Å². The van der Waals surface area contributed by atoms with Gasteiger partial charge in [-0.2, -0.15) is 0 Å². The van der Waals surface area contributed by atoms with Crippen molar-refractivity contribution in [3.05, 3.63) is 12.2 Å². The predicted octanol–water partition coefficient (Wildman–Crippen LogP) is 8.16. The smallest absolute Gasteiger partial charge is 0.306 e. The lowest BCUT2D eigenvalue weighted by atomic mass is 9.94. The Morgan fingerprint density at radius 1 is 0.852 bits per heavy atom. The maximum absolute atomic E-state index is 14.0. The standard InChI is InChI=1S/C23H42F2O2/c1-4-5-6-7-8-9-10-11-12-13-14-15-16-17-18-23(24,25)21(3)19-20(2)22(26)27/h20H,3-19H2,1-2H3,(H,26,27). The van der Waals surface area contributed by atoms with Crippen LogP contribution in [0.1, 0.15) is 117 Å². The summed E-state index contributed by atoms with van der Waals surface area (Å²) in [5.41, 5.74) is -0.243. The molecule has 4 heteroatoms. The Balaban J connectivity index is 3.52. The van der Waals surface area contributed by atoms with Crippen molar-refractivity contribution in [2.24, 2.45) is 5.92 Å². The molecule has 0 spiro atoms. The highest BCUT2D eigenvalue weighted by Crippen LogP contribution is 2.33. The van der Waals surface area contributed by atoms with E-state index in [1.54, 1.807) is 0 Å². The van der Waals surface area contributed by atoms with E-state index in [-0.39, 0.29) is 18.4 Å². The Hall–Kier alpha value is -0.930. The molecule has 0 heterocycles. The number of halogens is 2. The second kappa shape index (κ2) is 16.1. The number of unbranched alkanes of at least 4 members (excludes halogenated alkanes) is 13. The van der Waals surface area contributed by atoms with E-state index in [0.29, 0.717) is 6.42 Å². The Kier molecular flexibility index (Phi) is 15.5. The SMILES string of the molecule is C=C(CC(C)C(=O)O)C(F)(F)CCCCCCCCCCCCCCCC. The first-order valence-corrected chi connectivity index (χ1v) is 11.1. The highest BCUT2D eigenvalue weighted by Gasteiger charge is 2.33. The molecule has 0 aliphatic carbocycles. The number of carbonyl (C=O) groups is 1. The van der Waals surface area contributed by atoms with Crippen LogP contribution in [0.4, 0.5) is 8.78 Å². The average molecular weight is 389 g/mol. The molecule has 0 saturated heterocycles. The summed E-state index contributed by atoms with van der Waals surface area (Å²) in [5, 5.41) is 8.82. The van der Waals surface area contributed by atoms with E-state index in [2.05, 4.69) is 13.5 Å². The molecule has 0 amide bonds. The van der Waals surface area contributed by atoms with Crippen molar-refractivity contribution >= 4 is 5.97 Å². The summed E-state index contributed by atoms with van der Waals surface area (Å²) in [5.74, 6) is -4.80. The maximum atomic E-state index is 14.0. The van der Waals surface area contributed by atoms with Gasteiger partial charge in [-0.1, -0.05) is 104 Å². The molecule has 0 fully saturated rings. The van der Waals surface area contributed by atoms with Crippen molar-refractivity contribution in [3.63, 3.8) is 0 Å². The number of aliphatic carboxylic acids is 1. The molecule has 1 N–H and O–H groups in total. The maximum Gasteiger partial charge on any atom is 0.306 e. The Labute approximate surface area is 165 Å². The van der Waals surface area contributed by atoms with Gasteiger partial charge in [0.2, 0.25) is 0 Å². The number of hydrogen-bond donors (Lipinski definition) is 1. The topological polar surface area (TPSA) is 37.3 Å². The Morgan fingerprint density at radius 3 is 1.59 bits per heavy atom. The monoisotopic (exact) mass is 388 g/mol. The first-order valence-electron chi connectivity index (χ1n) is 11.1. The van der Waals surface area contributed by atoms with Gasteiger partial charge in [0, 0.05) is 6.42 Å². The van der Waals surface area contributed by atoms with Crippen LogP contribution >= 0.6 is 0 Å². The van der Waals surface area contributed by atoms with Gasteiger partial charge >= 0.3 is 5.97 Å². The minimum atomic E-state index is -2.94. The van der Waals surface area contributed by atoms with E-state index in [4.69, 9.17) is 5.11 Å². The zero-order chi connectivity index (χ0) is 20.5. The predicted molar refractivity (Wildman–Crippen MR) is 110 cm³/mol. The fraction of sp³-hybridized carbons (Fsp3) is 0.870. The lowest BCUT2D eigenvalue weighted by Crippen LogP contribution is -2.22. The molecule has 2 nitrogen and oxygen atoms in total. The van der Waals surface area contributed by atoms with Gasteiger partial charge in [0.25, 0.3) is 5.92 Å². The van der Waals surface area contributed by atoms with Crippen LogP contribution in [0.2, 0.25) is 0 Å². The molecule has 1 atom stereocenters. The minimum Gasteiger partial charge on any atom is -0.481 e. The van der Waals surface area contributed by atoms with Gasteiger partial charge in [0.15, 0.2) is 0 Å². The van der Waals surface area contributed by atoms with Crippen LogP contribution < -0.4 is 0 Å². The molecule has 0 aliphatic rings. The Morgan fingerprint density at radius 2 is 1.22 bits per heavy atom. The molecule has 0 aromatic carbocycles. The van der Waals surface area contributed by atoms with Crippen molar-refractivity contribution in [2.75, 3.05) is 0 Å². The summed E-state index contributed by atoms with van der Waals surface area (Å²) >= 11 is 0. The van der Waals surface area contributed by atoms with Gasteiger partial charge in [-0.3, -0.25) is 4.79 Å². The summed E-state index contributed by atoms with van der Waals surface area (Å²) in [6, 6.07) is 0. The minimum absolute atomic E-state index is 0.152. The average Bonchev–Trinajstić information content (AvgIpc) is 2.61. The van der Waals surface area contributed by atoms with E-state index in [1.165, 1.54) is 71.1 Å². The van der Waals surface area contributed by atoms with Crippen LogP contribution in [0.25, 0.3) is 0 Å². The van der Waals surface area contributed by atoms with Crippen LogP contribution in [0, 0.1) is 5.92 Å². The highest BCUT2D eigenvalue weighted by molar-refractivity contribution is 5.69. The first-order chi connectivity index (χ1) is 12.8. The molecular weight excluding hydrogens is 346 g/mol. The lowest BCUT2D eigenvalue weighted by molar-refractivity contribution is -0.141. The Bertz CT molecular complexity index is 394. The van der Waals surface area contributed by atoms with Crippen molar-refractivity contribution in [3.8, 4) is 0 Å². The molecule has 0 aromatic rings. The summed E-state index contributed by atoms with van der Waals surface area (Å²) in [6.45, 7) is 7.10. The number of hydrogen-bond acceptors (Lipinski definition) is 1. The molecule has 0 aliphatic heterocycles. The van der Waals surface area contributed by atoms with Gasteiger partial charge in [-0.15, -0.1) is 0 Å². The second-order valence-electron chi connectivity index (χ2n) is 8.10. The normalized spacial score (nSPS) is 12.9. The van der Waals surface area contributed by atoms with Gasteiger partial charge < -0.3 is 5.11 Å². The van der Waals surface area contributed by atoms with Crippen molar-refractivity contribution in [2.45, 2.75) is 123 Å². The van der Waals surface area contributed by atoms with Gasteiger partial charge in [-0.25, -0.2) is 8.78 Å². The van der Waals surface area contributed by atoms with Crippen LogP contribution in [0.3, 0.4) is 0 Å². The van der Waals surface area contributed by atoms with E-state index >= 15 is 0 Å². The number of allylic oxidation sites excluding steroid dienone is 1. The fourth-order valence-corrected chi connectivity index (χ4v) is 3.32. The van der Waals surface area contributed by atoms with Gasteiger partial charge in [0.05, 0.1) is 5.92 Å². The molecule has 0 aromatic heterocycles. The fourth-order valence-electron chi connectivity index (χ4n) is 3.32. The van der Waals surface area contributed by atoms with Crippen LogP contribution in [0.5, 0.6) is 0 Å². The van der Waals surface area contributed by atoms with Gasteiger partial charge in [0.1, 0.15) is 0 Å². The van der Waals surface area contributed by atoms with Gasteiger partial charge in [-0.05, 0) is 18.4 Å². The molecule has 0 radical (unpaired) electrons. The number of carboxylic acids is 1. The van der Waals surface area contributed by atoms with Crippen molar-refractivity contribution in [1.82, 2.24) is 0 Å². The summed E-state index contributed by atoms with van der Waals surface area (Å²) in [4.78, 5) is 10.8. The summed E-state index contributed by atoms with van der Waals surface area (Å²) in [7, 11) is 0. The quantitative estimate of drug-likeness (QED) is 0.179. The van der Waals surface area contributed by atoms with Crippen LogP contribution in [0.15, 0.2) is 12.2 Å². The first kappa shape index (κ1) is 26.1. The van der Waals surface area contributed by atoms with Crippen molar-refractivity contribution in [1.29, 1.82) is 0 Å². The lowest BCUT2D eigenvalue weighted by Gasteiger charge is -2.20. The number of carboxylic acid groups (broad SMARTS) is 1. The third kappa shape index (κ3) is 14.8.